The van der Waals surface area contributed by atoms with Crippen molar-refractivity contribution < 1.29 is 41.5 Å². The molecule has 3 heterocycles. The molecule has 0 unspecified atom stereocenters. The number of nitrogens with zero attached hydrogens (tertiary/aromatic N) is 4. The van der Waals surface area contributed by atoms with Gasteiger partial charge in [0, 0.05) is 55.2 Å². The van der Waals surface area contributed by atoms with Crippen LogP contribution in [0, 0.1) is 17.8 Å². The predicted octanol–water partition coefficient (Wildman–Crippen LogP) is 6.90. The van der Waals surface area contributed by atoms with Crippen molar-refractivity contribution in [3.8, 4) is 11.6 Å². The van der Waals surface area contributed by atoms with Gasteiger partial charge in [0.15, 0.2) is 5.78 Å². The monoisotopic (exact) mass is 800 g/mol. The summed E-state index contributed by atoms with van der Waals surface area (Å²) in [7, 11) is 0.827. The second-order valence-electron chi connectivity index (χ2n) is 15.3. The standard InChI is InChI=1S/C40H47ClF2N4O7S/c1-24-20-55(50,21-33(48)30-19-46(2)44-38(30)52-4)45-37(49)26-8-12-36-32(17-26)47(18-27-7-10-29(27)35(51-3)14-13-34(24)54-39(42)43)22-40(23-53-36)15-5-6-25-16-28(41)9-11-31(25)40/h8-9,11-14,16-17,19,24,27,29,34-35,39H,5-7,10,15,18,20-23H2,1-4H3/b14-13+/t24-,27+,29-,34+,35+,40+,55-/m1/s1. The van der Waals surface area contributed by atoms with Crippen LogP contribution in [0.2, 0.25) is 5.02 Å². The Morgan fingerprint density at radius 1 is 1.15 bits per heavy atom. The summed E-state index contributed by atoms with van der Waals surface area (Å²) in [4.78, 5) is 30.2. The number of halogens is 3. The zero-order valence-electron chi connectivity index (χ0n) is 31.4. The maximum absolute atomic E-state index is 14.9. The Labute approximate surface area is 325 Å². The number of carbonyl (C=O) groups is 2. The van der Waals surface area contributed by atoms with Gasteiger partial charge in [-0.15, -0.1) is 5.10 Å². The number of aryl methyl sites for hydroxylation is 2. The number of hydrogen-bond donors (Lipinski definition) is 0. The van der Waals surface area contributed by atoms with Crippen molar-refractivity contribution in [1.29, 1.82) is 0 Å². The van der Waals surface area contributed by atoms with Gasteiger partial charge < -0.3 is 23.8 Å². The molecule has 0 N–H and O–H groups in total. The van der Waals surface area contributed by atoms with Crippen LogP contribution < -0.4 is 14.4 Å². The molecule has 7 rings (SSSR count). The predicted molar refractivity (Wildman–Crippen MR) is 205 cm³/mol. The fraction of sp³-hybridized carbons (Fsp3) is 0.525. The van der Waals surface area contributed by atoms with E-state index in [0.29, 0.717) is 30.5 Å². The molecule has 1 saturated carbocycles. The molecule has 2 aliphatic carbocycles. The number of ether oxygens (including phenoxy) is 4. The first-order valence-electron chi connectivity index (χ1n) is 18.6. The minimum atomic E-state index is -3.74. The summed E-state index contributed by atoms with van der Waals surface area (Å²) < 4.78 is 71.2. The van der Waals surface area contributed by atoms with Crippen LogP contribution in [-0.4, -0.2) is 89.9 Å². The molecule has 1 amide bonds. The quantitative estimate of drug-likeness (QED) is 0.186. The number of hydrogen-bond acceptors (Lipinski definition) is 9. The van der Waals surface area contributed by atoms with Gasteiger partial charge in [0.2, 0.25) is 5.88 Å². The van der Waals surface area contributed by atoms with E-state index in [1.54, 1.807) is 45.4 Å². The maximum Gasteiger partial charge on any atom is 0.345 e. The van der Waals surface area contributed by atoms with E-state index in [-0.39, 0.29) is 40.0 Å². The smallest absolute Gasteiger partial charge is 0.345 e. The minimum Gasteiger partial charge on any atom is -0.490 e. The van der Waals surface area contributed by atoms with Crippen LogP contribution in [0.5, 0.6) is 11.6 Å². The number of alkyl halides is 2. The molecule has 1 fully saturated rings. The fourth-order valence-electron chi connectivity index (χ4n) is 8.82. The number of amides is 1. The lowest BCUT2D eigenvalue weighted by atomic mass is 9.68. The molecule has 55 heavy (non-hydrogen) atoms. The van der Waals surface area contributed by atoms with E-state index in [4.69, 9.17) is 30.5 Å². The second kappa shape index (κ2) is 16.0. The van der Waals surface area contributed by atoms with Crippen LogP contribution in [-0.2, 0) is 38.1 Å². The highest BCUT2D eigenvalue weighted by Crippen LogP contribution is 2.47. The van der Waals surface area contributed by atoms with Crippen molar-refractivity contribution >= 4 is 38.7 Å². The van der Waals surface area contributed by atoms with Crippen LogP contribution in [0.1, 0.15) is 64.4 Å². The highest BCUT2D eigenvalue weighted by Gasteiger charge is 2.44. The van der Waals surface area contributed by atoms with Crippen molar-refractivity contribution in [3.05, 3.63) is 82.0 Å². The highest BCUT2D eigenvalue weighted by molar-refractivity contribution is 7.94. The van der Waals surface area contributed by atoms with Gasteiger partial charge in [-0.25, -0.2) is 4.21 Å². The number of Topliss-reactive ketones (excluding diaryl/α,β-unsaturated/α-hetero) is 1. The molecule has 1 aromatic heterocycles. The van der Waals surface area contributed by atoms with Crippen LogP contribution in [0.3, 0.4) is 0 Å². The van der Waals surface area contributed by atoms with E-state index >= 15 is 0 Å². The molecule has 2 bridgehead atoms. The molecular weight excluding hydrogens is 754 g/mol. The van der Waals surface area contributed by atoms with Gasteiger partial charge in [-0.2, -0.15) is 13.1 Å². The van der Waals surface area contributed by atoms with E-state index < -0.39 is 51.9 Å². The summed E-state index contributed by atoms with van der Waals surface area (Å²) in [5, 5.41) is 4.82. The summed E-state index contributed by atoms with van der Waals surface area (Å²) in [6.45, 7) is 0.123. The highest BCUT2D eigenvalue weighted by atomic mass is 35.5. The molecule has 0 saturated heterocycles. The lowest BCUT2D eigenvalue weighted by Gasteiger charge is -2.46. The van der Waals surface area contributed by atoms with E-state index in [9.17, 15) is 22.6 Å². The number of rotatable bonds is 7. The van der Waals surface area contributed by atoms with Gasteiger partial charge in [-0.1, -0.05) is 36.7 Å². The Morgan fingerprint density at radius 3 is 2.67 bits per heavy atom. The van der Waals surface area contributed by atoms with Gasteiger partial charge in [0.05, 0.1) is 47.1 Å². The third kappa shape index (κ3) is 8.19. The number of methoxy groups -OCH3 is 2. The van der Waals surface area contributed by atoms with Crippen molar-refractivity contribution in [3.63, 3.8) is 0 Å². The molecule has 3 aromatic rings. The molecule has 2 aromatic carbocycles. The number of ketones is 1. The second-order valence-corrected chi connectivity index (χ2v) is 18.1. The van der Waals surface area contributed by atoms with E-state index in [1.807, 2.05) is 12.1 Å². The SMILES string of the molecule is COc1nn(C)cc1C(=O)C[S@@]1(=O)=NC(=O)c2ccc3c(c2)N(C[C@@H]2CC[C@H]2[C@@H](OC)/C=C/[C@H](OC(F)F)[C@H](C)C1)C[C@@]1(CCCc2cc(Cl)ccc21)CO3. The summed E-state index contributed by atoms with van der Waals surface area (Å²) in [6.07, 6.45) is 7.67. The Balaban J connectivity index is 1.34. The van der Waals surface area contributed by atoms with Crippen LogP contribution in [0.4, 0.5) is 14.5 Å². The Hall–Kier alpha value is -3.85. The zero-order valence-corrected chi connectivity index (χ0v) is 33.0. The van der Waals surface area contributed by atoms with Crippen LogP contribution in [0.15, 0.2) is 59.1 Å². The van der Waals surface area contributed by atoms with Gasteiger partial charge in [-0.05, 0) is 91.3 Å². The third-order valence-electron chi connectivity index (χ3n) is 11.6. The largest absolute Gasteiger partial charge is 0.490 e. The average Bonchev–Trinajstić information content (AvgIpc) is 3.45. The molecule has 11 nitrogen and oxygen atoms in total. The van der Waals surface area contributed by atoms with Gasteiger partial charge in [0.1, 0.15) is 11.3 Å². The normalized spacial score (nSPS) is 30.0. The summed E-state index contributed by atoms with van der Waals surface area (Å²) >= 11 is 6.45. The van der Waals surface area contributed by atoms with Crippen molar-refractivity contribution in [2.45, 2.75) is 63.3 Å². The first-order chi connectivity index (χ1) is 26.3. The Kier molecular flexibility index (Phi) is 11.4. The Bertz CT molecular complexity index is 2100. The topological polar surface area (TPSA) is 122 Å². The molecule has 0 radical (unpaired) electrons. The first kappa shape index (κ1) is 39.4. The summed E-state index contributed by atoms with van der Waals surface area (Å²) in [6, 6.07) is 11.1. The maximum atomic E-state index is 14.9. The number of fused-ring (bicyclic) bond motifs is 4. The van der Waals surface area contributed by atoms with E-state index in [2.05, 4.69) is 20.4 Å². The number of benzene rings is 2. The van der Waals surface area contributed by atoms with Crippen LogP contribution >= 0.6 is 11.6 Å². The Morgan fingerprint density at radius 2 is 1.95 bits per heavy atom. The molecule has 2 aliphatic heterocycles. The zero-order chi connectivity index (χ0) is 39.1. The van der Waals surface area contributed by atoms with Gasteiger partial charge in [0.25, 0.3) is 5.91 Å². The van der Waals surface area contributed by atoms with Crippen LogP contribution in [0.25, 0.3) is 0 Å². The van der Waals surface area contributed by atoms with Gasteiger partial charge in [-0.3, -0.25) is 14.3 Å². The van der Waals surface area contributed by atoms with Crippen molar-refractivity contribution in [2.75, 3.05) is 50.3 Å². The molecular formula is C40H47ClF2N4O7S. The minimum absolute atomic E-state index is 0.0251. The van der Waals surface area contributed by atoms with Gasteiger partial charge >= 0.3 is 6.61 Å². The average molecular weight is 801 g/mol. The summed E-state index contributed by atoms with van der Waals surface area (Å²) in [5.74, 6) is -2.41. The molecule has 7 atom stereocenters. The molecule has 15 heteroatoms. The summed E-state index contributed by atoms with van der Waals surface area (Å²) in [5.41, 5.74) is 3.00. The molecule has 296 valence electrons. The van der Waals surface area contributed by atoms with E-state index in [1.165, 1.54) is 35.2 Å². The van der Waals surface area contributed by atoms with Crippen molar-refractivity contribution in [1.82, 2.24) is 9.78 Å². The fourth-order valence-corrected chi connectivity index (χ4v) is 11.3. The lowest BCUT2D eigenvalue weighted by molar-refractivity contribution is -0.159. The first-order valence-corrected chi connectivity index (χ1v) is 20.9. The van der Waals surface area contributed by atoms with Crippen molar-refractivity contribution in [2.24, 2.45) is 29.2 Å². The lowest BCUT2D eigenvalue weighted by Crippen LogP contribution is -2.49. The molecule has 1 spiro atoms. The number of carbonyl (C=O) groups excluding carboxylic acids is 2. The number of anilines is 1. The molecule has 4 aliphatic rings. The number of aromatic nitrogens is 2. The third-order valence-corrected chi connectivity index (χ3v) is 14.1. The van der Waals surface area contributed by atoms with E-state index in [0.717, 1.165) is 37.8 Å².